The second-order valence-electron chi connectivity index (χ2n) is 5.21. The molecule has 1 amide bonds. The molecule has 0 atom stereocenters. The number of rotatable bonds is 3. The lowest BCUT2D eigenvalue weighted by Gasteiger charge is -2.21. The third kappa shape index (κ3) is 3.45. The third-order valence-electron chi connectivity index (χ3n) is 3.73. The van der Waals surface area contributed by atoms with Crippen molar-refractivity contribution in [2.75, 3.05) is 31.9 Å². The van der Waals surface area contributed by atoms with E-state index >= 15 is 0 Å². The van der Waals surface area contributed by atoms with Crippen molar-refractivity contribution in [3.05, 3.63) is 38.7 Å². The zero-order valence-electron chi connectivity index (χ0n) is 11.8. The van der Waals surface area contributed by atoms with Gasteiger partial charge < -0.3 is 10.6 Å². The van der Waals surface area contributed by atoms with Crippen molar-refractivity contribution < 1.29 is 4.79 Å². The van der Waals surface area contributed by atoms with Gasteiger partial charge in [0.25, 0.3) is 5.91 Å². The van der Waals surface area contributed by atoms with Crippen LogP contribution >= 0.6 is 22.7 Å². The fourth-order valence-corrected chi connectivity index (χ4v) is 4.12. The van der Waals surface area contributed by atoms with Gasteiger partial charge in [-0.15, -0.1) is 22.7 Å². The number of nitrogens with two attached hydrogens (primary N) is 1. The fraction of sp³-hybridized carbons (Fsp3) is 0.400. The number of thiophene rings is 2. The van der Waals surface area contributed by atoms with Gasteiger partial charge in [0.05, 0.1) is 5.69 Å². The molecule has 21 heavy (non-hydrogen) atoms. The summed E-state index contributed by atoms with van der Waals surface area (Å²) < 4.78 is 0. The van der Waals surface area contributed by atoms with Crippen molar-refractivity contribution in [2.45, 2.75) is 13.0 Å². The molecule has 3 rings (SSSR count). The Kier molecular flexibility index (Phi) is 4.57. The molecule has 1 aliphatic heterocycles. The molecule has 0 unspecified atom stereocenters. The summed E-state index contributed by atoms with van der Waals surface area (Å²) in [4.78, 5) is 18.9. The highest BCUT2D eigenvalue weighted by Crippen LogP contribution is 2.22. The molecule has 0 saturated carbocycles. The van der Waals surface area contributed by atoms with E-state index < -0.39 is 0 Å². The van der Waals surface area contributed by atoms with Crippen molar-refractivity contribution in [1.29, 1.82) is 0 Å². The van der Waals surface area contributed by atoms with Crippen molar-refractivity contribution in [2.24, 2.45) is 0 Å². The van der Waals surface area contributed by atoms with Crippen molar-refractivity contribution in [1.82, 2.24) is 9.80 Å². The van der Waals surface area contributed by atoms with Crippen LogP contribution < -0.4 is 5.73 Å². The Labute approximate surface area is 132 Å². The minimum atomic E-state index is 0.0838. The monoisotopic (exact) mass is 321 g/mol. The van der Waals surface area contributed by atoms with Gasteiger partial charge in [0.2, 0.25) is 0 Å². The van der Waals surface area contributed by atoms with Crippen LogP contribution in [0.1, 0.15) is 21.0 Å². The highest BCUT2D eigenvalue weighted by Gasteiger charge is 2.22. The van der Waals surface area contributed by atoms with Crippen LogP contribution in [0.5, 0.6) is 0 Å². The fourth-order valence-electron chi connectivity index (χ4n) is 2.59. The number of carbonyl (C=O) groups excluding carboxylic acids is 1. The number of hydrogen-bond acceptors (Lipinski definition) is 5. The van der Waals surface area contributed by atoms with E-state index in [0.29, 0.717) is 10.6 Å². The molecule has 0 aromatic carbocycles. The summed E-state index contributed by atoms with van der Waals surface area (Å²) in [5.74, 6) is 0.0838. The van der Waals surface area contributed by atoms with Crippen LogP contribution in [0, 0.1) is 0 Å². The van der Waals surface area contributed by atoms with E-state index in [9.17, 15) is 4.79 Å². The summed E-state index contributed by atoms with van der Waals surface area (Å²) in [6, 6.07) is 6.07. The molecule has 1 saturated heterocycles. The average molecular weight is 321 g/mol. The Hall–Kier alpha value is -1.37. The van der Waals surface area contributed by atoms with E-state index in [2.05, 4.69) is 22.4 Å². The molecule has 1 aliphatic rings. The Morgan fingerprint density at radius 3 is 2.76 bits per heavy atom. The zero-order chi connectivity index (χ0) is 14.7. The number of nitrogen functional groups attached to an aromatic ring is 1. The highest BCUT2D eigenvalue weighted by molar-refractivity contribution is 7.12. The Morgan fingerprint density at radius 2 is 2.05 bits per heavy atom. The number of anilines is 1. The van der Waals surface area contributed by atoms with Gasteiger partial charge in [-0.05, 0) is 29.3 Å². The topological polar surface area (TPSA) is 49.6 Å². The summed E-state index contributed by atoms with van der Waals surface area (Å²) in [6.45, 7) is 4.55. The van der Waals surface area contributed by atoms with Gasteiger partial charge in [-0.1, -0.05) is 6.07 Å². The Balaban J connectivity index is 1.60. The van der Waals surface area contributed by atoms with E-state index in [0.717, 1.165) is 39.1 Å². The molecule has 112 valence electrons. The quantitative estimate of drug-likeness (QED) is 0.945. The molecule has 2 aromatic heterocycles. The van der Waals surface area contributed by atoms with Crippen molar-refractivity contribution in [3.8, 4) is 0 Å². The van der Waals surface area contributed by atoms with Gasteiger partial charge >= 0.3 is 0 Å². The molecular weight excluding hydrogens is 302 g/mol. The van der Waals surface area contributed by atoms with Gasteiger partial charge in [-0.2, -0.15) is 0 Å². The lowest BCUT2D eigenvalue weighted by Crippen LogP contribution is -2.34. The van der Waals surface area contributed by atoms with Crippen LogP contribution in [-0.2, 0) is 6.54 Å². The van der Waals surface area contributed by atoms with E-state index in [-0.39, 0.29) is 5.91 Å². The second-order valence-corrected chi connectivity index (χ2v) is 7.15. The van der Waals surface area contributed by atoms with Crippen LogP contribution in [0.15, 0.2) is 29.0 Å². The number of hydrogen-bond donors (Lipinski definition) is 1. The van der Waals surface area contributed by atoms with E-state index in [1.807, 2.05) is 10.3 Å². The normalized spacial score (nSPS) is 16.9. The minimum Gasteiger partial charge on any atom is -0.397 e. The smallest absolute Gasteiger partial charge is 0.266 e. The largest absolute Gasteiger partial charge is 0.397 e. The van der Waals surface area contributed by atoms with Gasteiger partial charge in [0.15, 0.2) is 0 Å². The van der Waals surface area contributed by atoms with E-state index in [1.165, 1.54) is 16.2 Å². The molecule has 6 heteroatoms. The van der Waals surface area contributed by atoms with Crippen LogP contribution in [0.2, 0.25) is 0 Å². The third-order valence-corrected chi connectivity index (χ3v) is 5.50. The van der Waals surface area contributed by atoms with Crippen LogP contribution in [0.3, 0.4) is 0 Å². The number of carbonyl (C=O) groups is 1. The van der Waals surface area contributed by atoms with Crippen molar-refractivity contribution in [3.63, 3.8) is 0 Å². The van der Waals surface area contributed by atoms with Crippen LogP contribution in [0.25, 0.3) is 0 Å². The summed E-state index contributed by atoms with van der Waals surface area (Å²) in [5.41, 5.74) is 6.46. The summed E-state index contributed by atoms with van der Waals surface area (Å²) >= 11 is 3.23. The Morgan fingerprint density at radius 1 is 1.14 bits per heavy atom. The highest BCUT2D eigenvalue weighted by atomic mass is 32.1. The van der Waals surface area contributed by atoms with Crippen LogP contribution in [-0.4, -0.2) is 41.9 Å². The van der Waals surface area contributed by atoms with Crippen molar-refractivity contribution >= 4 is 34.3 Å². The van der Waals surface area contributed by atoms with Gasteiger partial charge in [-0.3, -0.25) is 9.69 Å². The molecule has 2 N–H and O–H groups in total. The molecule has 1 fully saturated rings. The number of amides is 1. The first-order valence-corrected chi connectivity index (χ1v) is 8.87. The minimum absolute atomic E-state index is 0.0838. The summed E-state index contributed by atoms with van der Waals surface area (Å²) in [7, 11) is 0. The van der Waals surface area contributed by atoms with E-state index in [1.54, 1.807) is 17.4 Å². The lowest BCUT2D eigenvalue weighted by molar-refractivity contribution is 0.0767. The molecule has 0 aliphatic carbocycles. The molecular formula is C15H19N3OS2. The standard InChI is InChI=1S/C15H19N3OS2/c16-13-4-10-21-14(13)15(19)18-6-2-5-17(7-8-18)11-12-3-1-9-20-12/h1,3-4,9-10H,2,5-8,11,16H2. The molecule has 0 radical (unpaired) electrons. The maximum absolute atomic E-state index is 12.5. The molecule has 0 bridgehead atoms. The molecule has 0 spiro atoms. The van der Waals surface area contributed by atoms with Gasteiger partial charge in [0, 0.05) is 37.6 Å². The maximum atomic E-state index is 12.5. The molecule has 2 aromatic rings. The first-order valence-electron chi connectivity index (χ1n) is 7.11. The number of nitrogens with zero attached hydrogens (tertiary/aromatic N) is 2. The Bertz CT molecular complexity index is 594. The van der Waals surface area contributed by atoms with Gasteiger partial charge in [0.1, 0.15) is 4.88 Å². The molecule has 3 heterocycles. The summed E-state index contributed by atoms with van der Waals surface area (Å²) in [6.07, 6.45) is 1.02. The van der Waals surface area contributed by atoms with E-state index in [4.69, 9.17) is 5.73 Å². The van der Waals surface area contributed by atoms with Gasteiger partial charge in [-0.25, -0.2) is 0 Å². The van der Waals surface area contributed by atoms with Crippen LogP contribution in [0.4, 0.5) is 5.69 Å². The second kappa shape index (κ2) is 6.60. The lowest BCUT2D eigenvalue weighted by atomic mass is 10.3. The predicted octanol–water partition coefficient (Wildman–Crippen LogP) is 2.74. The molecule has 4 nitrogen and oxygen atoms in total. The predicted molar refractivity (Wildman–Crippen MR) is 88.8 cm³/mol. The summed E-state index contributed by atoms with van der Waals surface area (Å²) in [5, 5.41) is 3.99. The first-order chi connectivity index (χ1) is 10.2. The maximum Gasteiger partial charge on any atom is 0.266 e. The SMILES string of the molecule is Nc1ccsc1C(=O)N1CCCN(Cc2cccs2)CC1. The zero-order valence-corrected chi connectivity index (χ0v) is 13.5. The first kappa shape index (κ1) is 14.6. The average Bonchev–Trinajstić information content (AvgIpc) is 3.07.